The van der Waals surface area contributed by atoms with E-state index in [1.54, 1.807) is 24.9 Å². The highest BCUT2D eigenvalue weighted by Crippen LogP contribution is 2.23. The second-order valence-corrected chi connectivity index (χ2v) is 5.92. The summed E-state index contributed by atoms with van der Waals surface area (Å²) in [5.41, 5.74) is 3.35. The van der Waals surface area contributed by atoms with Gasteiger partial charge in [-0.3, -0.25) is 14.7 Å². The molecule has 8 nitrogen and oxygen atoms in total. The molecule has 3 aromatic heterocycles. The molecule has 0 saturated heterocycles. The first-order valence-corrected chi connectivity index (χ1v) is 7.91. The molecule has 25 heavy (non-hydrogen) atoms. The molecule has 0 amide bonds. The van der Waals surface area contributed by atoms with Crippen LogP contribution in [-0.2, 0) is 24.3 Å². The molecular formula is C17H16N6O2. The lowest BCUT2D eigenvalue weighted by atomic mass is 10.0. The third-order valence-corrected chi connectivity index (χ3v) is 4.27. The number of aromatic nitrogens is 5. The maximum atomic E-state index is 11.6. The van der Waals surface area contributed by atoms with Crippen LogP contribution in [0.15, 0.2) is 43.1 Å². The number of rotatable bonds is 4. The van der Waals surface area contributed by atoms with Crippen LogP contribution in [0, 0.1) is 0 Å². The van der Waals surface area contributed by atoms with E-state index in [-0.39, 0.29) is 0 Å². The van der Waals surface area contributed by atoms with Gasteiger partial charge in [-0.2, -0.15) is 0 Å². The predicted molar refractivity (Wildman–Crippen MR) is 88.2 cm³/mol. The quantitative estimate of drug-likeness (QED) is 0.738. The van der Waals surface area contributed by atoms with E-state index in [2.05, 4.69) is 24.9 Å². The summed E-state index contributed by atoms with van der Waals surface area (Å²) in [7, 11) is 0. The van der Waals surface area contributed by atoms with Crippen LogP contribution in [0.25, 0.3) is 11.5 Å². The van der Waals surface area contributed by atoms with Crippen LogP contribution in [0.3, 0.4) is 0 Å². The van der Waals surface area contributed by atoms with E-state index in [1.165, 1.54) is 0 Å². The summed E-state index contributed by atoms with van der Waals surface area (Å²) < 4.78 is 0. The molecule has 8 heteroatoms. The molecule has 0 bridgehead atoms. The predicted octanol–water partition coefficient (Wildman–Crippen LogP) is 1.27. The van der Waals surface area contributed by atoms with Crippen molar-refractivity contribution < 1.29 is 9.90 Å². The Morgan fingerprint density at radius 3 is 2.80 bits per heavy atom. The minimum atomic E-state index is -0.848. The lowest BCUT2D eigenvalue weighted by Crippen LogP contribution is -2.45. The van der Waals surface area contributed by atoms with E-state index >= 15 is 0 Å². The topological polar surface area (TPSA) is 108 Å². The highest BCUT2D eigenvalue weighted by Gasteiger charge is 2.32. The first-order chi connectivity index (χ1) is 12.2. The number of fused-ring (bicyclic) bond motifs is 1. The molecule has 3 aromatic rings. The third-order valence-electron chi connectivity index (χ3n) is 4.27. The second kappa shape index (κ2) is 6.40. The van der Waals surface area contributed by atoms with E-state index < -0.39 is 12.0 Å². The number of aliphatic carboxylic acids is 1. The van der Waals surface area contributed by atoms with Crippen LogP contribution >= 0.6 is 0 Å². The number of nitrogens with one attached hydrogen (secondary N) is 1. The highest BCUT2D eigenvalue weighted by atomic mass is 16.4. The van der Waals surface area contributed by atoms with E-state index in [9.17, 15) is 9.90 Å². The molecule has 0 fully saturated rings. The van der Waals surface area contributed by atoms with Crippen molar-refractivity contribution in [2.45, 2.75) is 25.6 Å². The number of aromatic amines is 1. The molecule has 0 aromatic carbocycles. The van der Waals surface area contributed by atoms with Crippen molar-refractivity contribution in [1.29, 1.82) is 0 Å². The molecular weight excluding hydrogens is 320 g/mol. The Hall–Kier alpha value is -3.13. The Bertz CT molecular complexity index is 878. The number of carboxylic acid groups (broad SMARTS) is 1. The molecule has 4 rings (SSSR count). The monoisotopic (exact) mass is 336 g/mol. The van der Waals surface area contributed by atoms with Crippen LogP contribution in [0.1, 0.15) is 17.0 Å². The SMILES string of the molecule is O=C(O)[C@H]1Cc2nc[nH]c2CN1Cc1cnc(-c2ccccn2)nc1. The molecule has 0 spiro atoms. The normalized spacial score (nSPS) is 17.2. The highest BCUT2D eigenvalue weighted by molar-refractivity contribution is 5.74. The summed E-state index contributed by atoms with van der Waals surface area (Å²) in [5, 5.41) is 9.52. The summed E-state index contributed by atoms with van der Waals surface area (Å²) >= 11 is 0. The van der Waals surface area contributed by atoms with E-state index in [0.717, 1.165) is 17.0 Å². The minimum Gasteiger partial charge on any atom is -0.480 e. The second-order valence-electron chi connectivity index (χ2n) is 5.92. The van der Waals surface area contributed by atoms with Gasteiger partial charge < -0.3 is 10.1 Å². The molecule has 126 valence electrons. The standard InChI is InChI=1S/C17H16N6O2/c24-17(25)15-5-13-14(22-10-21-13)9-23(15)8-11-6-19-16(20-7-11)12-3-1-2-4-18-12/h1-4,6-7,10,15H,5,8-9H2,(H,21,22)(H,24,25)/t15-/m1/s1. The number of carboxylic acids is 1. The first-order valence-electron chi connectivity index (χ1n) is 7.91. The Balaban J connectivity index is 1.54. The summed E-state index contributed by atoms with van der Waals surface area (Å²) in [6, 6.07) is 4.96. The van der Waals surface area contributed by atoms with Crippen LogP contribution in [0.2, 0.25) is 0 Å². The van der Waals surface area contributed by atoms with Crippen molar-refractivity contribution in [3.63, 3.8) is 0 Å². The zero-order valence-corrected chi connectivity index (χ0v) is 13.3. The number of carbonyl (C=O) groups is 1. The van der Waals surface area contributed by atoms with Crippen LogP contribution < -0.4 is 0 Å². The van der Waals surface area contributed by atoms with Crippen molar-refractivity contribution in [2.75, 3.05) is 0 Å². The zero-order valence-electron chi connectivity index (χ0n) is 13.3. The number of hydrogen-bond acceptors (Lipinski definition) is 6. The molecule has 1 aliphatic heterocycles. The largest absolute Gasteiger partial charge is 0.480 e. The van der Waals surface area contributed by atoms with Gasteiger partial charge in [0.25, 0.3) is 0 Å². The van der Waals surface area contributed by atoms with Gasteiger partial charge in [-0.25, -0.2) is 15.0 Å². The van der Waals surface area contributed by atoms with Crippen molar-refractivity contribution in [3.05, 3.63) is 60.1 Å². The van der Waals surface area contributed by atoms with Crippen molar-refractivity contribution in [3.8, 4) is 11.5 Å². The van der Waals surface area contributed by atoms with Crippen molar-refractivity contribution in [2.24, 2.45) is 0 Å². The third kappa shape index (κ3) is 3.11. The van der Waals surface area contributed by atoms with Gasteiger partial charge in [0.2, 0.25) is 0 Å². The first kappa shape index (κ1) is 15.4. The van der Waals surface area contributed by atoms with Crippen LogP contribution in [0.4, 0.5) is 0 Å². The number of H-pyrrole nitrogens is 1. The van der Waals surface area contributed by atoms with Crippen molar-refractivity contribution >= 4 is 5.97 Å². The fourth-order valence-corrected chi connectivity index (χ4v) is 3.00. The molecule has 4 heterocycles. The lowest BCUT2D eigenvalue weighted by Gasteiger charge is -2.32. The van der Waals surface area contributed by atoms with Crippen molar-refractivity contribution in [1.82, 2.24) is 29.8 Å². The van der Waals surface area contributed by atoms with Gasteiger partial charge in [-0.15, -0.1) is 0 Å². The number of nitrogens with zero attached hydrogens (tertiary/aromatic N) is 5. The van der Waals surface area contributed by atoms with E-state index in [0.29, 0.717) is 31.0 Å². The summed E-state index contributed by atoms with van der Waals surface area (Å²) in [6.07, 6.45) is 7.13. The van der Waals surface area contributed by atoms with Crippen LogP contribution in [-0.4, -0.2) is 46.9 Å². The van der Waals surface area contributed by atoms with Gasteiger partial charge in [0.1, 0.15) is 11.7 Å². The Morgan fingerprint density at radius 1 is 1.24 bits per heavy atom. The van der Waals surface area contributed by atoms with Crippen LogP contribution in [0.5, 0.6) is 0 Å². The van der Waals surface area contributed by atoms with Gasteiger partial charge in [0.05, 0.1) is 17.7 Å². The molecule has 1 atom stereocenters. The molecule has 0 unspecified atom stereocenters. The van der Waals surface area contributed by atoms with Gasteiger partial charge in [-0.1, -0.05) is 6.07 Å². The fraction of sp³-hybridized carbons (Fsp3) is 0.235. The molecule has 0 saturated carbocycles. The molecule has 1 aliphatic rings. The van der Waals surface area contributed by atoms with E-state index in [4.69, 9.17) is 0 Å². The number of imidazole rings is 1. The maximum Gasteiger partial charge on any atom is 0.321 e. The van der Waals surface area contributed by atoms with Gasteiger partial charge in [-0.05, 0) is 12.1 Å². The summed E-state index contributed by atoms with van der Waals surface area (Å²) in [5.74, 6) is -0.298. The van der Waals surface area contributed by atoms with Gasteiger partial charge in [0, 0.05) is 43.7 Å². The smallest absolute Gasteiger partial charge is 0.321 e. The van der Waals surface area contributed by atoms with Gasteiger partial charge in [0.15, 0.2) is 5.82 Å². The Kier molecular flexibility index (Phi) is 3.95. The lowest BCUT2D eigenvalue weighted by molar-refractivity contribution is -0.144. The average molecular weight is 336 g/mol. The molecule has 0 aliphatic carbocycles. The Labute approximate surface area is 143 Å². The number of pyridine rings is 1. The van der Waals surface area contributed by atoms with E-state index in [1.807, 2.05) is 23.1 Å². The maximum absolute atomic E-state index is 11.6. The summed E-state index contributed by atoms with van der Waals surface area (Å²) in [6.45, 7) is 0.965. The van der Waals surface area contributed by atoms with Gasteiger partial charge >= 0.3 is 5.97 Å². The fourth-order valence-electron chi connectivity index (χ4n) is 3.00. The minimum absolute atomic E-state index is 0.390. The zero-order chi connectivity index (χ0) is 17.2. The Morgan fingerprint density at radius 2 is 2.08 bits per heavy atom. The molecule has 0 radical (unpaired) electrons. The average Bonchev–Trinajstić information content (AvgIpc) is 3.10. The number of hydrogen-bond donors (Lipinski definition) is 2. The molecule has 2 N–H and O–H groups in total. The summed E-state index contributed by atoms with van der Waals surface area (Å²) in [4.78, 5) is 33.7.